The molecule has 27 heavy (non-hydrogen) atoms. The molecular formula is C20H23N3O4. The quantitative estimate of drug-likeness (QED) is 0.837. The van der Waals surface area contributed by atoms with E-state index in [0.717, 1.165) is 22.9 Å². The Bertz CT molecular complexity index is 886. The zero-order valence-electron chi connectivity index (χ0n) is 15.1. The number of hydrogen-bond acceptors (Lipinski definition) is 4. The Morgan fingerprint density at radius 2 is 2.00 bits per heavy atom. The van der Waals surface area contributed by atoms with E-state index >= 15 is 0 Å². The second-order valence-electron chi connectivity index (χ2n) is 7.61. The van der Waals surface area contributed by atoms with Gasteiger partial charge in [-0.2, -0.15) is 0 Å². The Morgan fingerprint density at radius 1 is 1.19 bits per heavy atom. The van der Waals surface area contributed by atoms with Crippen LogP contribution in [0.3, 0.4) is 0 Å². The normalized spacial score (nSPS) is 27.6. The Hall–Kier alpha value is -2.38. The highest BCUT2D eigenvalue weighted by atomic mass is 16.7. The average molecular weight is 369 g/mol. The summed E-state index contributed by atoms with van der Waals surface area (Å²) in [4.78, 5) is 30.7. The molecule has 2 amide bonds. The minimum Gasteiger partial charge on any atom is -0.361 e. The molecule has 2 atom stereocenters. The number of amides is 2. The molecule has 2 aromatic rings. The minimum atomic E-state index is -0.743. The van der Waals surface area contributed by atoms with Crippen molar-refractivity contribution in [2.24, 2.45) is 0 Å². The molecule has 3 aliphatic rings. The third-order valence-electron chi connectivity index (χ3n) is 5.90. The molecule has 0 aliphatic carbocycles. The molecule has 3 aliphatic heterocycles. The fraction of sp³-hybridized carbons (Fsp3) is 0.500. The van der Waals surface area contributed by atoms with E-state index in [1.165, 1.54) is 0 Å². The van der Waals surface area contributed by atoms with Crippen LogP contribution >= 0.6 is 0 Å². The van der Waals surface area contributed by atoms with E-state index in [0.29, 0.717) is 39.0 Å². The van der Waals surface area contributed by atoms with Crippen molar-refractivity contribution in [3.8, 4) is 0 Å². The van der Waals surface area contributed by atoms with Crippen LogP contribution in [-0.2, 0) is 25.5 Å². The minimum absolute atomic E-state index is 0.0540. The zero-order valence-corrected chi connectivity index (χ0v) is 15.1. The van der Waals surface area contributed by atoms with E-state index in [4.69, 9.17) is 9.47 Å². The molecule has 2 N–H and O–H groups in total. The second-order valence-corrected chi connectivity index (χ2v) is 7.61. The second kappa shape index (κ2) is 6.35. The Kier molecular flexibility index (Phi) is 3.94. The fourth-order valence-electron chi connectivity index (χ4n) is 4.51. The van der Waals surface area contributed by atoms with Gasteiger partial charge in [0.1, 0.15) is 12.1 Å². The maximum absolute atomic E-state index is 13.2. The summed E-state index contributed by atoms with van der Waals surface area (Å²) in [6, 6.07) is 6.99. The number of nitrogens with one attached hydrogen (secondary N) is 2. The van der Waals surface area contributed by atoms with Crippen LogP contribution in [0, 0.1) is 0 Å². The Morgan fingerprint density at radius 3 is 2.85 bits per heavy atom. The smallest absolute Gasteiger partial charge is 0.246 e. The summed E-state index contributed by atoms with van der Waals surface area (Å²) in [5, 5.41) is 4.01. The number of nitrogens with zero attached hydrogens (tertiary/aromatic N) is 1. The van der Waals surface area contributed by atoms with Crippen molar-refractivity contribution >= 4 is 22.7 Å². The Labute approximate surface area is 157 Å². The number of fused-ring (bicyclic) bond motifs is 2. The van der Waals surface area contributed by atoms with E-state index in [2.05, 4.69) is 10.3 Å². The monoisotopic (exact) mass is 369 g/mol. The average Bonchev–Trinajstić information content (AvgIpc) is 3.09. The molecule has 3 saturated heterocycles. The van der Waals surface area contributed by atoms with Crippen molar-refractivity contribution in [1.82, 2.24) is 15.2 Å². The maximum atomic E-state index is 13.2. The first-order valence-electron chi connectivity index (χ1n) is 9.59. The van der Waals surface area contributed by atoms with Crippen LogP contribution < -0.4 is 5.32 Å². The lowest BCUT2D eigenvalue weighted by Gasteiger charge is -2.49. The van der Waals surface area contributed by atoms with Gasteiger partial charge in [0.2, 0.25) is 11.8 Å². The van der Waals surface area contributed by atoms with Crippen molar-refractivity contribution in [3.63, 3.8) is 0 Å². The first-order chi connectivity index (χ1) is 13.2. The van der Waals surface area contributed by atoms with Crippen LogP contribution in [0.1, 0.15) is 24.8 Å². The summed E-state index contributed by atoms with van der Waals surface area (Å²) in [6.07, 6.45) is 4.45. The standard InChI is InChI=1S/C20H23N3O4/c24-18-17-6-7-20(26-8-3-9-27-20)12-23(17)19(25)16(22-18)10-13-11-21-15-5-2-1-4-14(13)15/h1-2,4-5,11,16-17,21H,3,6-10,12H2,(H,22,24)/t16-,17-/m1/s1. The number of hydrogen-bond donors (Lipinski definition) is 2. The van der Waals surface area contributed by atoms with Crippen LogP contribution in [0.5, 0.6) is 0 Å². The summed E-state index contributed by atoms with van der Waals surface area (Å²) in [5.41, 5.74) is 2.06. The van der Waals surface area contributed by atoms with Crippen LogP contribution in [-0.4, -0.2) is 59.3 Å². The molecule has 5 rings (SSSR count). The van der Waals surface area contributed by atoms with Crippen LogP contribution in [0.2, 0.25) is 0 Å². The number of para-hydroxylation sites is 1. The number of piperazine rings is 1. The molecule has 1 aromatic carbocycles. The molecule has 142 valence electrons. The lowest BCUT2D eigenvalue weighted by Crippen LogP contribution is -2.69. The molecule has 0 unspecified atom stereocenters. The number of carbonyl (C=O) groups is 2. The summed E-state index contributed by atoms with van der Waals surface area (Å²) >= 11 is 0. The van der Waals surface area contributed by atoms with Crippen LogP contribution in [0.15, 0.2) is 30.5 Å². The van der Waals surface area contributed by atoms with E-state index in [1.54, 1.807) is 4.90 Å². The summed E-state index contributed by atoms with van der Waals surface area (Å²) in [6.45, 7) is 1.60. The number of H-pyrrole nitrogens is 1. The lowest BCUT2D eigenvalue weighted by molar-refractivity contribution is -0.288. The van der Waals surface area contributed by atoms with E-state index in [1.807, 2.05) is 30.5 Å². The molecule has 4 heterocycles. The number of carbonyl (C=O) groups excluding carboxylic acids is 2. The van der Waals surface area contributed by atoms with Gasteiger partial charge in [-0.1, -0.05) is 18.2 Å². The van der Waals surface area contributed by atoms with Crippen molar-refractivity contribution in [2.45, 2.75) is 43.6 Å². The first-order valence-corrected chi connectivity index (χ1v) is 9.59. The highest BCUT2D eigenvalue weighted by Gasteiger charge is 2.50. The molecule has 1 aromatic heterocycles. The molecule has 7 heteroatoms. The maximum Gasteiger partial charge on any atom is 0.246 e. The van der Waals surface area contributed by atoms with Gasteiger partial charge >= 0.3 is 0 Å². The molecule has 0 bridgehead atoms. The van der Waals surface area contributed by atoms with Crippen molar-refractivity contribution < 1.29 is 19.1 Å². The number of benzene rings is 1. The van der Waals surface area contributed by atoms with Crippen molar-refractivity contribution in [3.05, 3.63) is 36.0 Å². The van der Waals surface area contributed by atoms with Gasteiger partial charge in [-0.3, -0.25) is 9.59 Å². The van der Waals surface area contributed by atoms with Gasteiger partial charge in [0.25, 0.3) is 0 Å². The molecule has 0 radical (unpaired) electrons. The van der Waals surface area contributed by atoms with E-state index < -0.39 is 17.9 Å². The van der Waals surface area contributed by atoms with Crippen molar-refractivity contribution in [2.75, 3.05) is 19.8 Å². The van der Waals surface area contributed by atoms with E-state index in [9.17, 15) is 9.59 Å². The SMILES string of the molecule is O=C1N[C@H](Cc2c[nH]c3ccccc23)C(=O)N2CC3(CC[C@H]12)OCCCO3. The van der Waals surface area contributed by atoms with Gasteiger partial charge in [0.15, 0.2) is 5.79 Å². The molecular weight excluding hydrogens is 346 g/mol. The number of aromatic amines is 1. The number of piperidine rings is 1. The fourth-order valence-corrected chi connectivity index (χ4v) is 4.51. The third kappa shape index (κ3) is 2.82. The van der Waals surface area contributed by atoms with Gasteiger partial charge in [0, 0.05) is 29.9 Å². The van der Waals surface area contributed by atoms with E-state index in [-0.39, 0.29) is 11.8 Å². The van der Waals surface area contributed by atoms with Gasteiger partial charge in [-0.15, -0.1) is 0 Å². The summed E-state index contributed by atoms with van der Waals surface area (Å²) in [7, 11) is 0. The first kappa shape index (κ1) is 16.8. The predicted octanol–water partition coefficient (Wildman–Crippen LogP) is 1.33. The summed E-state index contributed by atoms with van der Waals surface area (Å²) in [5.74, 6) is -0.875. The van der Waals surface area contributed by atoms with Gasteiger partial charge in [0.05, 0.1) is 19.8 Å². The molecule has 7 nitrogen and oxygen atoms in total. The third-order valence-corrected chi connectivity index (χ3v) is 5.90. The largest absolute Gasteiger partial charge is 0.361 e. The Balaban J connectivity index is 1.39. The highest BCUT2D eigenvalue weighted by Crippen LogP contribution is 2.34. The molecule has 1 spiro atoms. The number of aromatic nitrogens is 1. The van der Waals surface area contributed by atoms with Crippen molar-refractivity contribution in [1.29, 1.82) is 0 Å². The number of rotatable bonds is 2. The van der Waals surface area contributed by atoms with Gasteiger partial charge in [-0.25, -0.2) is 0 Å². The molecule has 3 fully saturated rings. The van der Waals surface area contributed by atoms with Gasteiger partial charge in [-0.05, 0) is 24.5 Å². The topological polar surface area (TPSA) is 83.7 Å². The predicted molar refractivity (Wildman–Crippen MR) is 97.9 cm³/mol. The lowest BCUT2D eigenvalue weighted by atomic mass is 9.91. The van der Waals surface area contributed by atoms with Crippen LogP contribution in [0.25, 0.3) is 10.9 Å². The van der Waals surface area contributed by atoms with Crippen LogP contribution in [0.4, 0.5) is 0 Å². The molecule has 0 saturated carbocycles. The van der Waals surface area contributed by atoms with Gasteiger partial charge < -0.3 is 24.7 Å². The zero-order chi connectivity index (χ0) is 18.4. The highest BCUT2D eigenvalue weighted by molar-refractivity contribution is 5.97. The summed E-state index contributed by atoms with van der Waals surface area (Å²) < 4.78 is 11.8. The number of ether oxygens (including phenoxy) is 2.